The molecule has 4 rings (SSSR count). The van der Waals surface area contributed by atoms with Gasteiger partial charge in [-0.1, -0.05) is 12.8 Å². The van der Waals surface area contributed by atoms with Crippen molar-refractivity contribution in [2.24, 2.45) is 5.92 Å². The summed E-state index contributed by atoms with van der Waals surface area (Å²) in [5.74, 6) is 2.48. The van der Waals surface area contributed by atoms with Crippen LogP contribution < -0.4 is 0 Å². The van der Waals surface area contributed by atoms with Gasteiger partial charge in [-0.25, -0.2) is 8.42 Å². The molecule has 1 aromatic heterocycles. The summed E-state index contributed by atoms with van der Waals surface area (Å²) in [5, 5.41) is 8.35. The van der Waals surface area contributed by atoms with Crippen molar-refractivity contribution in [2.45, 2.75) is 69.9 Å². The number of nitrogens with zero attached hydrogens (tertiary/aromatic N) is 4. The maximum atomic E-state index is 12.2. The van der Waals surface area contributed by atoms with Crippen LogP contribution in [0, 0.1) is 5.92 Å². The van der Waals surface area contributed by atoms with Gasteiger partial charge in [0.2, 0.25) is 21.8 Å². The molecule has 2 aliphatic heterocycles. The summed E-state index contributed by atoms with van der Waals surface area (Å²) < 4.78 is 32.1. The van der Waals surface area contributed by atoms with E-state index in [0.717, 1.165) is 63.4 Å². The van der Waals surface area contributed by atoms with Crippen LogP contribution in [0.4, 0.5) is 0 Å². The van der Waals surface area contributed by atoms with Crippen LogP contribution in [0.2, 0.25) is 0 Å². The molecule has 3 heterocycles. The molecule has 1 atom stereocenters. The van der Waals surface area contributed by atoms with Crippen LogP contribution in [0.25, 0.3) is 0 Å². The normalized spacial score (nSPS) is 27.5. The van der Waals surface area contributed by atoms with Gasteiger partial charge in [0.25, 0.3) is 0 Å². The molecule has 3 fully saturated rings. The van der Waals surface area contributed by atoms with Crippen molar-refractivity contribution in [3.63, 3.8) is 0 Å². The van der Waals surface area contributed by atoms with Crippen molar-refractivity contribution in [1.82, 2.24) is 19.4 Å². The van der Waals surface area contributed by atoms with Crippen molar-refractivity contribution in [3.8, 4) is 0 Å². The molecular formula is C18H30N4O3S. The first-order valence-electron chi connectivity index (χ1n) is 10.0. The molecule has 0 bridgehead atoms. The molecule has 1 aliphatic carbocycles. The Hall–Kier alpha value is -0.990. The molecule has 1 unspecified atom stereocenters. The third-order valence-corrected chi connectivity index (χ3v) is 7.42. The van der Waals surface area contributed by atoms with Crippen molar-refractivity contribution in [3.05, 3.63) is 11.8 Å². The maximum absolute atomic E-state index is 12.2. The minimum atomic E-state index is -3.12. The lowest BCUT2D eigenvalue weighted by molar-refractivity contribution is 0.117. The fraction of sp³-hybridized carbons (Fsp3) is 0.889. The highest BCUT2D eigenvalue weighted by Crippen LogP contribution is 2.39. The number of piperidine rings is 1. The van der Waals surface area contributed by atoms with E-state index in [4.69, 9.17) is 4.42 Å². The van der Waals surface area contributed by atoms with E-state index in [1.54, 1.807) is 4.31 Å². The first-order chi connectivity index (χ1) is 12.5. The molecule has 3 aliphatic rings. The smallest absolute Gasteiger partial charge is 0.230 e. The molecule has 7 nitrogen and oxygen atoms in total. The van der Waals surface area contributed by atoms with E-state index in [1.165, 1.54) is 19.1 Å². The average Bonchev–Trinajstić information content (AvgIpc) is 3.39. The third kappa shape index (κ3) is 4.28. The topological polar surface area (TPSA) is 79.5 Å². The Balaban J connectivity index is 1.34. The standard InChI is InChI=1S/C18H30N4O3S/c1-26(23,24)22-10-4-2-3-5-16(22)14-8-11-21(12-9-14)13-17-19-20-18(25-17)15-6-7-15/h14-16H,2-13H2,1H3. The van der Waals surface area contributed by atoms with Gasteiger partial charge in [0.05, 0.1) is 12.8 Å². The summed E-state index contributed by atoms with van der Waals surface area (Å²) in [5.41, 5.74) is 0. The van der Waals surface area contributed by atoms with Crippen LogP contribution in [0.1, 0.15) is 69.1 Å². The quantitative estimate of drug-likeness (QED) is 0.778. The minimum Gasteiger partial charge on any atom is -0.424 e. The second-order valence-electron chi connectivity index (χ2n) is 8.21. The van der Waals surface area contributed by atoms with E-state index >= 15 is 0 Å². The molecule has 26 heavy (non-hydrogen) atoms. The van der Waals surface area contributed by atoms with Crippen molar-refractivity contribution in [2.75, 3.05) is 25.9 Å². The molecular weight excluding hydrogens is 352 g/mol. The van der Waals surface area contributed by atoms with E-state index < -0.39 is 10.0 Å². The Morgan fingerprint density at radius 2 is 1.77 bits per heavy atom. The number of rotatable bonds is 5. The lowest BCUT2D eigenvalue weighted by atomic mass is 9.87. The summed E-state index contributed by atoms with van der Waals surface area (Å²) in [6, 6.07) is 0.180. The average molecular weight is 383 g/mol. The first kappa shape index (κ1) is 18.4. The van der Waals surface area contributed by atoms with Crippen molar-refractivity contribution < 1.29 is 12.8 Å². The molecule has 1 aromatic rings. The second-order valence-corrected chi connectivity index (χ2v) is 10.1. The van der Waals surface area contributed by atoms with Crippen LogP contribution in [0.3, 0.4) is 0 Å². The van der Waals surface area contributed by atoms with Gasteiger partial charge >= 0.3 is 0 Å². The van der Waals surface area contributed by atoms with E-state index in [1.807, 2.05) is 0 Å². The summed E-state index contributed by atoms with van der Waals surface area (Å²) in [6.45, 7) is 3.35. The first-order valence-corrected chi connectivity index (χ1v) is 11.9. The number of aromatic nitrogens is 2. The summed E-state index contributed by atoms with van der Waals surface area (Å²) in [7, 11) is -3.12. The summed E-state index contributed by atoms with van der Waals surface area (Å²) in [4.78, 5) is 2.36. The Morgan fingerprint density at radius 3 is 2.46 bits per heavy atom. The van der Waals surface area contributed by atoms with Gasteiger partial charge in [0.15, 0.2) is 0 Å². The predicted molar refractivity (Wildman–Crippen MR) is 98.1 cm³/mol. The monoisotopic (exact) mass is 382 g/mol. The van der Waals surface area contributed by atoms with Gasteiger partial charge in [-0.3, -0.25) is 4.90 Å². The molecule has 0 N–H and O–H groups in total. The maximum Gasteiger partial charge on any atom is 0.230 e. The zero-order valence-electron chi connectivity index (χ0n) is 15.6. The SMILES string of the molecule is CS(=O)(=O)N1CCCCCC1C1CCN(Cc2nnc(C3CC3)o2)CC1. The molecule has 0 spiro atoms. The highest BCUT2D eigenvalue weighted by Gasteiger charge is 2.36. The Kier molecular flexibility index (Phi) is 5.34. The van der Waals surface area contributed by atoms with Crippen molar-refractivity contribution in [1.29, 1.82) is 0 Å². The van der Waals surface area contributed by atoms with Crippen LogP contribution >= 0.6 is 0 Å². The van der Waals surface area contributed by atoms with Gasteiger partial charge in [0.1, 0.15) is 0 Å². The van der Waals surface area contributed by atoms with Crippen LogP contribution in [-0.2, 0) is 16.6 Å². The van der Waals surface area contributed by atoms with E-state index in [0.29, 0.717) is 24.9 Å². The van der Waals surface area contributed by atoms with Crippen molar-refractivity contribution >= 4 is 10.0 Å². The number of sulfonamides is 1. The highest BCUT2D eigenvalue weighted by molar-refractivity contribution is 7.88. The van der Waals surface area contributed by atoms with E-state index in [9.17, 15) is 8.42 Å². The van der Waals surface area contributed by atoms with Gasteiger partial charge in [-0.15, -0.1) is 10.2 Å². The fourth-order valence-electron chi connectivity index (χ4n) is 4.50. The van der Waals surface area contributed by atoms with Gasteiger partial charge in [0, 0.05) is 18.5 Å². The second kappa shape index (κ2) is 7.56. The Bertz CT molecular complexity index is 708. The molecule has 1 saturated carbocycles. The zero-order valence-corrected chi connectivity index (χ0v) is 16.5. The molecule has 0 amide bonds. The number of hydrogen-bond donors (Lipinski definition) is 0. The Morgan fingerprint density at radius 1 is 1.00 bits per heavy atom. The molecule has 2 saturated heterocycles. The lowest BCUT2D eigenvalue weighted by Gasteiger charge is -2.39. The van der Waals surface area contributed by atoms with Gasteiger partial charge in [-0.05, 0) is 57.5 Å². The van der Waals surface area contributed by atoms with Crippen LogP contribution in [0.5, 0.6) is 0 Å². The predicted octanol–water partition coefficient (Wildman–Crippen LogP) is 2.36. The number of likely N-dealkylation sites (tertiary alicyclic amines) is 1. The fourth-order valence-corrected chi connectivity index (χ4v) is 5.73. The third-order valence-electron chi connectivity index (χ3n) is 6.12. The van der Waals surface area contributed by atoms with E-state index in [-0.39, 0.29) is 6.04 Å². The highest BCUT2D eigenvalue weighted by atomic mass is 32.2. The van der Waals surface area contributed by atoms with Gasteiger partial charge in [-0.2, -0.15) is 4.31 Å². The molecule has 146 valence electrons. The summed E-state index contributed by atoms with van der Waals surface area (Å²) in [6.07, 6.45) is 10.1. The minimum absolute atomic E-state index is 0.180. The Labute approximate surface area is 156 Å². The largest absolute Gasteiger partial charge is 0.424 e. The summed E-state index contributed by atoms with van der Waals surface area (Å²) >= 11 is 0. The van der Waals surface area contributed by atoms with E-state index in [2.05, 4.69) is 15.1 Å². The number of hydrogen-bond acceptors (Lipinski definition) is 6. The molecule has 0 aromatic carbocycles. The lowest BCUT2D eigenvalue weighted by Crippen LogP contribution is -2.47. The molecule has 8 heteroatoms. The zero-order chi connectivity index (χ0) is 18.1. The van der Waals surface area contributed by atoms with Crippen LogP contribution in [0.15, 0.2) is 4.42 Å². The van der Waals surface area contributed by atoms with Crippen LogP contribution in [-0.4, -0.2) is 59.8 Å². The van der Waals surface area contributed by atoms with Gasteiger partial charge < -0.3 is 4.42 Å². The molecule has 0 radical (unpaired) electrons.